The predicted molar refractivity (Wildman–Crippen MR) is 70.4 cm³/mol. The smallest absolute Gasteiger partial charge is 0.275 e. The van der Waals surface area contributed by atoms with Gasteiger partial charge in [0.2, 0.25) is 0 Å². The number of fused-ring (bicyclic) bond motifs is 1. The number of likely N-dealkylation sites (tertiary alicyclic amines) is 1. The van der Waals surface area contributed by atoms with Crippen molar-refractivity contribution in [1.29, 1.82) is 0 Å². The summed E-state index contributed by atoms with van der Waals surface area (Å²) in [6.45, 7) is 2.96. The Labute approximate surface area is 106 Å². The van der Waals surface area contributed by atoms with Gasteiger partial charge in [0.1, 0.15) is 0 Å². The quantitative estimate of drug-likeness (QED) is 0.770. The lowest BCUT2D eigenvalue weighted by atomic mass is 10.2. The van der Waals surface area contributed by atoms with Crippen LogP contribution in [0.2, 0.25) is 0 Å². The zero-order valence-corrected chi connectivity index (χ0v) is 10.8. The summed E-state index contributed by atoms with van der Waals surface area (Å²) in [4.78, 5) is 14.5. The van der Waals surface area contributed by atoms with E-state index >= 15 is 0 Å². The van der Waals surface area contributed by atoms with Crippen LogP contribution in [-0.4, -0.2) is 33.2 Å². The van der Waals surface area contributed by atoms with Crippen LogP contribution in [0.1, 0.15) is 30.3 Å². The molecule has 0 spiro atoms. The summed E-state index contributed by atoms with van der Waals surface area (Å²) in [5, 5.41) is 5.34. The lowest BCUT2D eigenvalue weighted by Crippen LogP contribution is -2.34. The van der Waals surface area contributed by atoms with Gasteiger partial charge in [-0.15, -0.1) is 0 Å². The van der Waals surface area contributed by atoms with Gasteiger partial charge in [-0.1, -0.05) is 18.2 Å². The zero-order valence-electron chi connectivity index (χ0n) is 10.8. The maximum absolute atomic E-state index is 12.5. The van der Waals surface area contributed by atoms with Gasteiger partial charge >= 0.3 is 0 Å². The highest BCUT2D eigenvalue weighted by Gasteiger charge is 2.28. The monoisotopic (exact) mass is 243 g/mol. The molecule has 1 amide bonds. The number of para-hydroxylation sites is 1. The maximum Gasteiger partial charge on any atom is 0.275 e. The van der Waals surface area contributed by atoms with Gasteiger partial charge < -0.3 is 4.90 Å². The zero-order chi connectivity index (χ0) is 12.7. The van der Waals surface area contributed by atoms with Crippen molar-refractivity contribution in [2.45, 2.75) is 25.8 Å². The van der Waals surface area contributed by atoms with E-state index in [1.54, 1.807) is 4.68 Å². The van der Waals surface area contributed by atoms with Crippen molar-refractivity contribution in [3.8, 4) is 0 Å². The first kappa shape index (κ1) is 11.3. The van der Waals surface area contributed by atoms with E-state index in [2.05, 4.69) is 12.0 Å². The molecule has 0 radical (unpaired) electrons. The third kappa shape index (κ3) is 1.60. The number of aryl methyl sites for hydroxylation is 1. The topological polar surface area (TPSA) is 38.1 Å². The summed E-state index contributed by atoms with van der Waals surface area (Å²) in [5.74, 6) is 0.0665. The van der Waals surface area contributed by atoms with Crippen molar-refractivity contribution < 1.29 is 4.79 Å². The van der Waals surface area contributed by atoms with Crippen molar-refractivity contribution in [3.05, 3.63) is 30.0 Å². The number of hydrogen-bond acceptors (Lipinski definition) is 2. The molecule has 4 nitrogen and oxygen atoms in total. The van der Waals surface area contributed by atoms with Crippen LogP contribution in [-0.2, 0) is 7.05 Å². The van der Waals surface area contributed by atoms with Crippen molar-refractivity contribution in [1.82, 2.24) is 14.7 Å². The summed E-state index contributed by atoms with van der Waals surface area (Å²) in [6.07, 6.45) is 2.19. The highest BCUT2D eigenvalue weighted by Crippen LogP contribution is 2.23. The Bertz CT molecular complexity index is 602. The Morgan fingerprint density at radius 3 is 2.89 bits per heavy atom. The second kappa shape index (κ2) is 4.12. The molecule has 0 unspecified atom stereocenters. The second-order valence-corrected chi connectivity index (χ2v) is 4.98. The molecule has 1 atom stereocenters. The van der Waals surface area contributed by atoms with Crippen LogP contribution >= 0.6 is 0 Å². The van der Waals surface area contributed by atoms with Gasteiger partial charge in [-0.05, 0) is 25.8 Å². The molecule has 0 aliphatic carbocycles. The van der Waals surface area contributed by atoms with Gasteiger partial charge in [0, 0.05) is 25.0 Å². The summed E-state index contributed by atoms with van der Waals surface area (Å²) >= 11 is 0. The first-order valence-electron chi connectivity index (χ1n) is 6.41. The molecule has 2 heterocycles. The van der Waals surface area contributed by atoms with E-state index in [0.717, 1.165) is 30.3 Å². The van der Waals surface area contributed by atoms with Crippen LogP contribution in [0.3, 0.4) is 0 Å². The molecule has 1 aliphatic heterocycles. The van der Waals surface area contributed by atoms with Gasteiger partial charge in [-0.2, -0.15) is 5.10 Å². The molecular weight excluding hydrogens is 226 g/mol. The minimum Gasteiger partial charge on any atom is -0.335 e. The summed E-state index contributed by atoms with van der Waals surface area (Å²) in [5.41, 5.74) is 1.59. The fourth-order valence-electron chi connectivity index (χ4n) is 2.74. The van der Waals surface area contributed by atoms with Gasteiger partial charge in [-0.25, -0.2) is 0 Å². The highest BCUT2D eigenvalue weighted by atomic mass is 16.2. The Balaban J connectivity index is 2.06. The van der Waals surface area contributed by atoms with Gasteiger partial charge in [0.25, 0.3) is 5.91 Å². The van der Waals surface area contributed by atoms with Crippen LogP contribution in [0.15, 0.2) is 24.3 Å². The van der Waals surface area contributed by atoms with Crippen LogP contribution < -0.4 is 0 Å². The van der Waals surface area contributed by atoms with Crippen molar-refractivity contribution >= 4 is 16.8 Å². The van der Waals surface area contributed by atoms with E-state index in [1.165, 1.54) is 0 Å². The molecule has 94 valence electrons. The van der Waals surface area contributed by atoms with Crippen LogP contribution in [0.5, 0.6) is 0 Å². The fourth-order valence-corrected chi connectivity index (χ4v) is 2.74. The predicted octanol–water partition coefficient (Wildman–Crippen LogP) is 2.20. The molecule has 0 saturated carbocycles. The van der Waals surface area contributed by atoms with E-state index in [4.69, 9.17) is 0 Å². The number of benzene rings is 1. The molecule has 18 heavy (non-hydrogen) atoms. The molecule has 0 N–H and O–H groups in total. The third-order valence-corrected chi connectivity index (χ3v) is 3.77. The number of nitrogens with zero attached hydrogens (tertiary/aromatic N) is 3. The minimum absolute atomic E-state index is 0.0665. The lowest BCUT2D eigenvalue weighted by Gasteiger charge is -2.20. The molecule has 1 fully saturated rings. The molecule has 2 aromatic rings. The van der Waals surface area contributed by atoms with Gasteiger partial charge in [0.05, 0.1) is 5.52 Å². The molecule has 1 aromatic heterocycles. The Hall–Kier alpha value is -1.84. The average molecular weight is 243 g/mol. The van der Waals surface area contributed by atoms with Crippen molar-refractivity contribution in [2.75, 3.05) is 6.54 Å². The Morgan fingerprint density at radius 1 is 1.39 bits per heavy atom. The molecule has 0 bridgehead atoms. The van der Waals surface area contributed by atoms with E-state index in [0.29, 0.717) is 11.7 Å². The molecule has 1 aliphatic rings. The summed E-state index contributed by atoms with van der Waals surface area (Å²) in [7, 11) is 1.88. The molecule has 1 saturated heterocycles. The first-order valence-corrected chi connectivity index (χ1v) is 6.41. The van der Waals surface area contributed by atoms with Gasteiger partial charge in [-0.3, -0.25) is 9.48 Å². The largest absolute Gasteiger partial charge is 0.335 e. The van der Waals surface area contributed by atoms with Gasteiger partial charge in [0.15, 0.2) is 5.69 Å². The number of rotatable bonds is 1. The third-order valence-electron chi connectivity index (χ3n) is 3.77. The maximum atomic E-state index is 12.5. The van der Waals surface area contributed by atoms with Crippen LogP contribution in [0, 0.1) is 0 Å². The molecule has 1 aromatic carbocycles. The Morgan fingerprint density at radius 2 is 2.17 bits per heavy atom. The van der Waals surface area contributed by atoms with Crippen molar-refractivity contribution in [2.24, 2.45) is 7.05 Å². The molecule has 3 rings (SSSR count). The lowest BCUT2D eigenvalue weighted by molar-refractivity contribution is 0.0742. The minimum atomic E-state index is 0.0665. The number of carbonyl (C=O) groups is 1. The first-order chi connectivity index (χ1) is 8.68. The molecular formula is C14H17N3O. The SMILES string of the molecule is C[C@@H]1CCCN1C(=O)c1nn(C)c2ccccc12. The van der Waals surface area contributed by atoms with E-state index in [1.807, 2.05) is 36.2 Å². The van der Waals surface area contributed by atoms with E-state index < -0.39 is 0 Å². The number of carbonyl (C=O) groups excluding carboxylic acids is 1. The van der Waals surface area contributed by atoms with Crippen LogP contribution in [0.25, 0.3) is 10.9 Å². The van der Waals surface area contributed by atoms with E-state index in [-0.39, 0.29) is 5.91 Å². The normalized spacial score (nSPS) is 19.7. The summed E-state index contributed by atoms with van der Waals surface area (Å²) in [6, 6.07) is 8.21. The standard InChI is InChI=1S/C14H17N3O/c1-10-6-5-9-17(10)14(18)13-11-7-3-4-8-12(11)16(2)15-13/h3-4,7-8,10H,5-6,9H2,1-2H3/t10-/m1/s1. The van der Waals surface area contributed by atoms with Crippen molar-refractivity contribution in [3.63, 3.8) is 0 Å². The average Bonchev–Trinajstić information content (AvgIpc) is 2.94. The highest BCUT2D eigenvalue weighted by molar-refractivity contribution is 6.05. The molecule has 4 heteroatoms. The number of amides is 1. The van der Waals surface area contributed by atoms with E-state index in [9.17, 15) is 4.79 Å². The second-order valence-electron chi connectivity index (χ2n) is 4.98. The Kier molecular flexibility index (Phi) is 2.58. The van der Waals surface area contributed by atoms with Crippen LogP contribution in [0.4, 0.5) is 0 Å². The summed E-state index contributed by atoms with van der Waals surface area (Å²) < 4.78 is 1.78. The number of aromatic nitrogens is 2. The fraction of sp³-hybridized carbons (Fsp3) is 0.429. The number of hydrogen-bond donors (Lipinski definition) is 0.